The summed E-state index contributed by atoms with van der Waals surface area (Å²) in [6.07, 6.45) is 3.22. The second-order valence-electron chi connectivity index (χ2n) is 8.99. The largest absolute Gasteiger partial charge is 0.497 e. The Bertz CT molecular complexity index is 1450. The average molecular weight is 526 g/mol. The fourth-order valence-corrected chi connectivity index (χ4v) is 4.45. The molecule has 1 atom stereocenters. The van der Waals surface area contributed by atoms with Gasteiger partial charge in [-0.3, -0.25) is 9.20 Å². The molecule has 8 nitrogen and oxygen atoms in total. The van der Waals surface area contributed by atoms with Crippen molar-refractivity contribution in [2.45, 2.75) is 46.3 Å². The molecule has 2 aromatic heterocycles. The number of carbonyl (C=O) groups is 1. The van der Waals surface area contributed by atoms with Crippen molar-refractivity contribution in [1.29, 1.82) is 0 Å². The summed E-state index contributed by atoms with van der Waals surface area (Å²) in [5, 5.41) is 2.67. The van der Waals surface area contributed by atoms with E-state index in [9.17, 15) is 4.79 Å². The van der Waals surface area contributed by atoms with Gasteiger partial charge in [0, 0.05) is 24.4 Å². The van der Waals surface area contributed by atoms with Crippen molar-refractivity contribution in [3.8, 4) is 11.5 Å². The lowest BCUT2D eigenvalue weighted by molar-refractivity contribution is 0.0929. The van der Waals surface area contributed by atoms with E-state index in [1.165, 1.54) is 6.07 Å². The predicted molar refractivity (Wildman–Crippen MR) is 141 cm³/mol. The first-order chi connectivity index (χ1) is 17.6. The number of methoxy groups -OCH3 is 1. The SMILES string of the molecule is COc1ccc(C(C)NC(=O)c2c(F)c(Cl)cc(Cc3nc(C)c4c(N)nccn34)c2OC(C)C)cc1. The molecule has 2 heterocycles. The summed E-state index contributed by atoms with van der Waals surface area (Å²) in [6.45, 7) is 7.25. The minimum atomic E-state index is -0.849. The van der Waals surface area contributed by atoms with Crippen LogP contribution in [0, 0.1) is 12.7 Å². The van der Waals surface area contributed by atoms with Gasteiger partial charge in [0.1, 0.15) is 34.2 Å². The fraction of sp³-hybridized carbons (Fsp3) is 0.296. The molecule has 0 saturated heterocycles. The van der Waals surface area contributed by atoms with E-state index in [0.29, 0.717) is 34.2 Å². The third-order valence-corrected chi connectivity index (χ3v) is 6.25. The number of aromatic nitrogens is 3. The van der Waals surface area contributed by atoms with Gasteiger partial charge in [-0.1, -0.05) is 23.7 Å². The van der Waals surface area contributed by atoms with Crippen molar-refractivity contribution in [2.24, 2.45) is 0 Å². The summed E-state index contributed by atoms with van der Waals surface area (Å²) in [5.41, 5.74) is 8.53. The Kier molecular flexibility index (Phi) is 7.54. The zero-order chi connectivity index (χ0) is 26.9. The topological polar surface area (TPSA) is 104 Å². The molecule has 1 amide bonds. The molecule has 1 unspecified atom stereocenters. The number of hydrogen-bond donors (Lipinski definition) is 2. The first-order valence-corrected chi connectivity index (χ1v) is 12.2. The summed E-state index contributed by atoms with van der Waals surface area (Å²) >= 11 is 6.29. The predicted octanol–water partition coefficient (Wildman–Crippen LogP) is 5.29. The Morgan fingerprint density at radius 2 is 1.95 bits per heavy atom. The van der Waals surface area contributed by atoms with E-state index >= 15 is 4.39 Å². The first kappa shape index (κ1) is 26.2. The summed E-state index contributed by atoms with van der Waals surface area (Å²) in [6, 6.07) is 8.31. The van der Waals surface area contributed by atoms with Crippen LogP contribution in [0.4, 0.5) is 10.2 Å². The van der Waals surface area contributed by atoms with Gasteiger partial charge in [0.05, 0.1) is 30.0 Å². The summed E-state index contributed by atoms with van der Waals surface area (Å²) < 4.78 is 28.4. The monoisotopic (exact) mass is 525 g/mol. The van der Waals surface area contributed by atoms with E-state index in [-0.39, 0.29) is 28.9 Å². The van der Waals surface area contributed by atoms with Crippen LogP contribution < -0.4 is 20.5 Å². The Balaban J connectivity index is 1.75. The quantitative estimate of drug-likeness (QED) is 0.324. The lowest BCUT2D eigenvalue weighted by Gasteiger charge is -2.21. The molecule has 0 radical (unpaired) electrons. The van der Waals surface area contributed by atoms with Crippen molar-refractivity contribution >= 4 is 28.8 Å². The second-order valence-corrected chi connectivity index (χ2v) is 9.40. The number of fused-ring (bicyclic) bond motifs is 1. The van der Waals surface area contributed by atoms with Gasteiger partial charge in [-0.2, -0.15) is 0 Å². The number of anilines is 1. The second kappa shape index (κ2) is 10.6. The van der Waals surface area contributed by atoms with Gasteiger partial charge in [0.15, 0.2) is 5.82 Å². The summed E-state index contributed by atoms with van der Waals surface area (Å²) in [5.74, 6) is 0.293. The molecule has 4 aromatic rings. The van der Waals surface area contributed by atoms with E-state index in [4.69, 9.17) is 26.8 Å². The Morgan fingerprint density at radius 1 is 1.24 bits per heavy atom. The molecule has 194 valence electrons. The zero-order valence-corrected chi connectivity index (χ0v) is 22.1. The van der Waals surface area contributed by atoms with Gasteiger partial charge in [0.2, 0.25) is 0 Å². The van der Waals surface area contributed by atoms with E-state index in [1.807, 2.05) is 30.4 Å². The number of imidazole rings is 1. The van der Waals surface area contributed by atoms with Gasteiger partial charge < -0.3 is 20.5 Å². The number of nitrogen functional groups attached to an aromatic ring is 1. The van der Waals surface area contributed by atoms with Gasteiger partial charge >= 0.3 is 0 Å². The molecule has 2 aromatic carbocycles. The van der Waals surface area contributed by atoms with Crippen LogP contribution in [-0.4, -0.2) is 33.5 Å². The average Bonchev–Trinajstić information content (AvgIpc) is 3.18. The van der Waals surface area contributed by atoms with Crippen LogP contribution in [0.1, 0.15) is 59.8 Å². The third-order valence-electron chi connectivity index (χ3n) is 5.97. The number of amides is 1. The molecule has 37 heavy (non-hydrogen) atoms. The number of aryl methyl sites for hydroxylation is 1. The molecule has 10 heteroatoms. The maximum absolute atomic E-state index is 15.4. The van der Waals surface area contributed by atoms with Gasteiger partial charge in [-0.25, -0.2) is 14.4 Å². The maximum atomic E-state index is 15.4. The third kappa shape index (κ3) is 5.32. The van der Waals surface area contributed by atoms with Crippen molar-refractivity contribution in [2.75, 3.05) is 12.8 Å². The lowest BCUT2D eigenvalue weighted by atomic mass is 10.0. The number of hydrogen-bond acceptors (Lipinski definition) is 6. The Hall–Kier alpha value is -3.85. The number of nitrogens with one attached hydrogen (secondary N) is 1. The van der Waals surface area contributed by atoms with Gasteiger partial charge in [-0.05, 0) is 51.5 Å². The minimum absolute atomic E-state index is 0.118. The van der Waals surface area contributed by atoms with Crippen LogP contribution in [0.15, 0.2) is 42.7 Å². The van der Waals surface area contributed by atoms with E-state index < -0.39 is 17.8 Å². The number of benzene rings is 2. The summed E-state index contributed by atoms with van der Waals surface area (Å²) in [7, 11) is 1.58. The molecule has 0 aliphatic heterocycles. The number of carbonyl (C=O) groups excluding carboxylic acids is 1. The highest BCUT2D eigenvalue weighted by Gasteiger charge is 2.27. The molecule has 3 N–H and O–H groups in total. The number of nitrogens with two attached hydrogens (primary N) is 1. The van der Waals surface area contributed by atoms with E-state index in [1.54, 1.807) is 45.5 Å². The zero-order valence-electron chi connectivity index (χ0n) is 21.3. The summed E-state index contributed by atoms with van der Waals surface area (Å²) in [4.78, 5) is 22.2. The van der Waals surface area contributed by atoms with Crippen LogP contribution in [-0.2, 0) is 6.42 Å². The molecule has 0 bridgehead atoms. The lowest BCUT2D eigenvalue weighted by Crippen LogP contribution is -2.29. The number of halogens is 2. The number of rotatable bonds is 8. The van der Waals surface area contributed by atoms with Crippen LogP contribution in [0.2, 0.25) is 5.02 Å². The number of nitrogens with zero attached hydrogens (tertiary/aromatic N) is 3. The fourth-order valence-electron chi connectivity index (χ4n) is 4.22. The van der Waals surface area contributed by atoms with Crippen molar-refractivity contribution < 1.29 is 18.7 Å². The van der Waals surface area contributed by atoms with Crippen molar-refractivity contribution in [1.82, 2.24) is 19.7 Å². The van der Waals surface area contributed by atoms with Crippen LogP contribution in [0.25, 0.3) is 5.52 Å². The molecule has 0 aliphatic carbocycles. The van der Waals surface area contributed by atoms with Crippen LogP contribution >= 0.6 is 11.6 Å². The molecular weight excluding hydrogens is 497 g/mol. The van der Waals surface area contributed by atoms with Crippen LogP contribution in [0.5, 0.6) is 11.5 Å². The van der Waals surface area contributed by atoms with Crippen molar-refractivity contribution in [3.05, 3.63) is 81.8 Å². The smallest absolute Gasteiger partial charge is 0.258 e. The van der Waals surface area contributed by atoms with E-state index in [2.05, 4.69) is 15.3 Å². The molecule has 4 rings (SSSR count). The standard InChI is InChI=1S/C27H29ClFN5O3/c1-14(2)37-25-18(13-21-32-16(4)24-26(30)31-10-11-34(21)24)12-20(28)23(29)22(25)27(35)33-15(3)17-6-8-19(36-5)9-7-17/h6-12,14-15H,13H2,1-5H3,(H2,30,31)(H,33,35). The molecule has 0 fully saturated rings. The highest BCUT2D eigenvalue weighted by molar-refractivity contribution is 6.31. The minimum Gasteiger partial charge on any atom is -0.497 e. The molecular formula is C27H29ClFN5O3. The normalized spacial score (nSPS) is 12.1. The van der Waals surface area contributed by atoms with Crippen molar-refractivity contribution in [3.63, 3.8) is 0 Å². The first-order valence-electron chi connectivity index (χ1n) is 11.8. The Morgan fingerprint density at radius 3 is 2.59 bits per heavy atom. The van der Waals surface area contributed by atoms with Gasteiger partial charge in [-0.15, -0.1) is 0 Å². The van der Waals surface area contributed by atoms with Crippen LogP contribution in [0.3, 0.4) is 0 Å². The number of ether oxygens (including phenoxy) is 2. The maximum Gasteiger partial charge on any atom is 0.258 e. The van der Waals surface area contributed by atoms with Gasteiger partial charge in [0.25, 0.3) is 5.91 Å². The molecule has 0 saturated carbocycles. The molecule has 0 aliphatic rings. The Labute approximate surface area is 219 Å². The molecule has 0 spiro atoms. The van der Waals surface area contributed by atoms with E-state index in [0.717, 1.165) is 5.56 Å². The highest BCUT2D eigenvalue weighted by Crippen LogP contribution is 2.35. The highest BCUT2D eigenvalue weighted by atomic mass is 35.5.